The molecule has 0 saturated carbocycles. The third-order valence-corrected chi connectivity index (χ3v) is 4.59. The lowest BCUT2D eigenvalue weighted by molar-refractivity contribution is -0.121. The molecule has 2 atom stereocenters. The Bertz CT molecular complexity index is 286. The van der Waals surface area contributed by atoms with Crippen molar-refractivity contribution in [2.75, 3.05) is 26.7 Å². The van der Waals surface area contributed by atoms with Crippen molar-refractivity contribution in [2.24, 2.45) is 17.1 Å². The first-order chi connectivity index (χ1) is 9.72. The summed E-state index contributed by atoms with van der Waals surface area (Å²) in [7, 11) is 2.11. The number of rotatable bonds is 10. The first kappa shape index (κ1) is 20.4. The van der Waals surface area contributed by atoms with Crippen molar-refractivity contribution in [3.8, 4) is 0 Å². The van der Waals surface area contributed by atoms with Gasteiger partial charge in [-0.25, -0.2) is 0 Å². The van der Waals surface area contributed by atoms with E-state index in [-0.39, 0.29) is 11.3 Å². The predicted molar refractivity (Wildman–Crippen MR) is 91.2 cm³/mol. The summed E-state index contributed by atoms with van der Waals surface area (Å²) in [6, 6.07) is 0.566. The molecule has 0 aliphatic carbocycles. The number of nitrogens with two attached hydrogens (primary N) is 1. The van der Waals surface area contributed by atoms with Crippen molar-refractivity contribution < 1.29 is 4.79 Å². The van der Waals surface area contributed by atoms with Crippen molar-refractivity contribution in [1.82, 2.24) is 10.2 Å². The van der Waals surface area contributed by atoms with Crippen LogP contribution in [0, 0.1) is 11.3 Å². The van der Waals surface area contributed by atoms with Gasteiger partial charge in [-0.05, 0) is 51.1 Å². The molecule has 4 heteroatoms. The van der Waals surface area contributed by atoms with Gasteiger partial charge in [-0.3, -0.25) is 4.79 Å². The molecule has 126 valence electrons. The lowest BCUT2D eigenvalue weighted by Gasteiger charge is -2.30. The first-order valence-electron chi connectivity index (χ1n) is 8.39. The van der Waals surface area contributed by atoms with E-state index in [0.29, 0.717) is 24.9 Å². The summed E-state index contributed by atoms with van der Waals surface area (Å²) in [4.78, 5) is 14.2. The van der Waals surface area contributed by atoms with Gasteiger partial charge in [0.05, 0.1) is 0 Å². The van der Waals surface area contributed by atoms with Crippen LogP contribution in [0.5, 0.6) is 0 Å². The van der Waals surface area contributed by atoms with E-state index in [1.54, 1.807) is 0 Å². The van der Waals surface area contributed by atoms with Crippen LogP contribution in [0.25, 0.3) is 0 Å². The minimum absolute atomic E-state index is 0.166. The maximum Gasteiger partial charge on any atom is 0.220 e. The molecule has 0 aromatic rings. The number of amides is 1. The molecule has 0 aliphatic rings. The number of hydrogen-bond acceptors (Lipinski definition) is 3. The van der Waals surface area contributed by atoms with E-state index < -0.39 is 0 Å². The molecule has 0 fully saturated rings. The molecule has 0 heterocycles. The van der Waals surface area contributed by atoms with Gasteiger partial charge in [-0.2, -0.15) is 0 Å². The Labute approximate surface area is 131 Å². The fraction of sp³-hybridized carbons (Fsp3) is 0.941. The second-order valence-corrected chi connectivity index (χ2v) is 7.27. The molecule has 21 heavy (non-hydrogen) atoms. The summed E-state index contributed by atoms with van der Waals surface area (Å²) in [5.41, 5.74) is 5.90. The lowest BCUT2D eigenvalue weighted by Crippen LogP contribution is -2.37. The molecule has 4 nitrogen and oxygen atoms in total. The molecule has 0 aliphatic heterocycles. The molecule has 0 aromatic carbocycles. The Morgan fingerprint density at radius 1 is 1.29 bits per heavy atom. The Hall–Kier alpha value is -0.610. The minimum atomic E-state index is 0.166. The Morgan fingerprint density at radius 2 is 1.90 bits per heavy atom. The molecule has 0 spiro atoms. The molecule has 1 amide bonds. The third kappa shape index (κ3) is 9.10. The van der Waals surface area contributed by atoms with Crippen LogP contribution in [0.2, 0.25) is 0 Å². The summed E-state index contributed by atoms with van der Waals surface area (Å²) in [6.07, 6.45) is 3.66. The topological polar surface area (TPSA) is 58.4 Å². The number of hydrogen-bond donors (Lipinski definition) is 2. The first-order valence-corrected chi connectivity index (χ1v) is 8.39. The zero-order valence-electron chi connectivity index (χ0n) is 15.0. The molecule has 3 N–H and O–H groups in total. The normalized spacial score (nSPS) is 15.0. The Morgan fingerprint density at radius 3 is 2.38 bits per heavy atom. The van der Waals surface area contributed by atoms with Crippen LogP contribution in [-0.2, 0) is 4.79 Å². The largest absolute Gasteiger partial charge is 0.355 e. The highest BCUT2D eigenvalue weighted by molar-refractivity contribution is 5.75. The molecular formula is C17H37N3O. The third-order valence-electron chi connectivity index (χ3n) is 4.59. The van der Waals surface area contributed by atoms with Crippen LogP contribution >= 0.6 is 0 Å². The van der Waals surface area contributed by atoms with E-state index in [2.05, 4.69) is 51.9 Å². The monoisotopic (exact) mass is 299 g/mol. The highest BCUT2D eigenvalue weighted by Crippen LogP contribution is 2.31. The standard InChI is InChI=1S/C17H37N3O/c1-7-14(2)20(6)13-12-19-16(21)9-8-15(10-11-18)17(3,4)5/h14-15H,7-13,18H2,1-6H3,(H,19,21). The van der Waals surface area contributed by atoms with Crippen molar-refractivity contribution in [3.63, 3.8) is 0 Å². The molecule has 0 saturated heterocycles. The van der Waals surface area contributed by atoms with Gasteiger partial charge in [0.2, 0.25) is 5.91 Å². The number of carbonyl (C=O) groups is 1. The van der Waals surface area contributed by atoms with Crippen molar-refractivity contribution in [2.45, 2.75) is 66.3 Å². The summed E-state index contributed by atoms with van der Waals surface area (Å²) in [5.74, 6) is 0.676. The zero-order chi connectivity index (χ0) is 16.5. The fourth-order valence-electron chi connectivity index (χ4n) is 2.51. The highest BCUT2D eigenvalue weighted by Gasteiger charge is 2.24. The van der Waals surface area contributed by atoms with E-state index >= 15 is 0 Å². The van der Waals surface area contributed by atoms with Crippen molar-refractivity contribution in [1.29, 1.82) is 0 Å². The average Bonchev–Trinajstić information content (AvgIpc) is 2.40. The average molecular weight is 300 g/mol. The van der Waals surface area contributed by atoms with Gasteiger partial charge in [-0.1, -0.05) is 27.7 Å². The minimum Gasteiger partial charge on any atom is -0.355 e. The van der Waals surface area contributed by atoms with Gasteiger partial charge in [0, 0.05) is 25.6 Å². The van der Waals surface area contributed by atoms with Crippen LogP contribution in [0.15, 0.2) is 0 Å². The van der Waals surface area contributed by atoms with Gasteiger partial charge >= 0.3 is 0 Å². The molecular weight excluding hydrogens is 262 g/mol. The zero-order valence-corrected chi connectivity index (χ0v) is 15.0. The fourth-order valence-corrected chi connectivity index (χ4v) is 2.51. The Kier molecular flexibility index (Phi) is 9.88. The summed E-state index contributed by atoms with van der Waals surface area (Å²) in [5, 5.41) is 3.03. The SMILES string of the molecule is CCC(C)N(C)CCNC(=O)CCC(CCN)C(C)(C)C. The smallest absolute Gasteiger partial charge is 0.220 e. The second kappa shape index (κ2) is 10.2. The van der Waals surface area contributed by atoms with E-state index in [4.69, 9.17) is 5.73 Å². The van der Waals surface area contributed by atoms with E-state index in [1.807, 2.05) is 0 Å². The number of likely N-dealkylation sites (N-methyl/N-ethyl adjacent to an activating group) is 1. The highest BCUT2D eigenvalue weighted by atomic mass is 16.1. The van der Waals surface area contributed by atoms with Crippen molar-refractivity contribution in [3.05, 3.63) is 0 Å². The summed E-state index contributed by atoms with van der Waals surface area (Å²) in [6.45, 7) is 13.4. The molecule has 2 unspecified atom stereocenters. The predicted octanol–water partition coefficient (Wildman–Crippen LogP) is 2.62. The van der Waals surface area contributed by atoms with E-state index in [0.717, 1.165) is 32.4 Å². The van der Waals surface area contributed by atoms with Crippen LogP contribution in [0.4, 0.5) is 0 Å². The summed E-state index contributed by atoms with van der Waals surface area (Å²) < 4.78 is 0. The van der Waals surface area contributed by atoms with E-state index in [1.165, 1.54) is 0 Å². The number of nitrogens with one attached hydrogen (secondary N) is 1. The number of carbonyl (C=O) groups excluding carboxylic acids is 1. The van der Waals surface area contributed by atoms with Crippen molar-refractivity contribution >= 4 is 5.91 Å². The molecule has 0 rings (SSSR count). The van der Waals surface area contributed by atoms with Crippen LogP contribution in [0.1, 0.15) is 60.3 Å². The van der Waals surface area contributed by atoms with Gasteiger partial charge in [-0.15, -0.1) is 0 Å². The Balaban J connectivity index is 3.98. The van der Waals surface area contributed by atoms with E-state index in [9.17, 15) is 4.79 Å². The maximum atomic E-state index is 11.9. The van der Waals surface area contributed by atoms with Crippen LogP contribution in [-0.4, -0.2) is 43.5 Å². The molecule has 0 bridgehead atoms. The van der Waals surface area contributed by atoms with Crippen LogP contribution < -0.4 is 11.1 Å². The molecule has 0 radical (unpaired) electrons. The van der Waals surface area contributed by atoms with Gasteiger partial charge in [0.25, 0.3) is 0 Å². The van der Waals surface area contributed by atoms with Crippen LogP contribution in [0.3, 0.4) is 0 Å². The maximum absolute atomic E-state index is 11.9. The van der Waals surface area contributed by atoms with Gasteiger partial charge < -0.3 is 16.0 Å². The number of nitrogens with zero attached hydrogens (tertiary/aromatic N) is 1. The van der Waals surface area contributed by atoms with Gasteiger partial charge in [0.1, 0.15) is 0 Å². The summed E-state index contributed by atoms with van der Waals surface area (Å²) >= 11 is 0. The second-order valence-electron chi connectivity index (χ2n) is 7.27. The van der Waals surface area contributed by atoms with Gasteiger partial charge in [0.15, 0.2) is 0 Å². The lowest BCUT2D eigenvalue weighted by atomic mass is 9.76. The molecule has 0 aromatic heterocycles. The quantitative estimate of drug-likeness (QED) is 0.652.